The van der Waals surface area contributed by atoms with Crippen LogP contribution in [0.5, 0.6) is 0 Å². The number of nitrogens with zero attached hydrogens (tertiary/aromatic N) is 1. The lowest BCUT2D eigenvalue weighted by molar-refractivity contribution is -0.131. The van der Waals surface area contributed by atoms with Gasteiger partial charge in [-0.15, -0.1) is 0 Å². The number of carboxylic acid groups (broad SMARTS) is 1. The van der Waals surface area contributed by atoms with Crippen LogP contribution in [0.2, 0.25) is 0 Å². The summed E-state index contributed by atoms with van der Waals surface area (Å²) in [5.74, 6) is -1.60. The largest absolute Gasteiger partial charge is 0.477 e. The third kappa shape index (κ3) is 1.23. The molecule has 0 unspecified atom stereocenters. The zero-order valence-corrected chi connectivity index (χ0v) is 6.58. The molecule has 0 amide bonds. The van der Waals surface area contributed by atoms with Crippen LogP contribution < -0.4 is 0 Å². The fourth-order valence-electron chi connectivity index (χ4n) is 0.770. The molecule has 0 radical (unpaired) electrons. The third-order valence-corrected chi connectivity index (χ3v) is 2.60. The molecule has 0 aliphatic carbocycles. The summed E-state index contributed by atoms with van der Waals surface area (Å²) in [7, 11) is -4.06. The highest BCUT2D eigenvalue weighted by Gasteiger charge is 2.31. The van der Waals surface area contributed by atoms with E-state index in [1.165, 1.54) is 0 Å². The topological polar surface area (TPSA) is 104 Å². The average molecular weight is 191 g/mol. The smallest absolute Gasteiger partial charge is 0.349 e. The summed E-state index contributed by atoms with van der Waals surface area (Å²) < 4.78 is 24.6. The van der Waals surface area contributed by atoms with E-state index in [-0.39, 0.29) is 5.57 Å². The first-order valence-electron chi connectivity index (χ1n) is 2.86. The first-order valence-corrected chi connectivity index (χ1v) is 4.30. The maximum absolute atomic E-state index is 10.8. The van der Waals surface area contributed by atoms with Crippen molar-refractivity contribution in [2.75, 3.05) is 6.61 Å². The maximum atomic E-state index is 10.8. The first kappa shape index (κ1) is 8.88. The van der Waals surface area contributed by atoms with Crippen molar-refractivity contribution in [3.63, 3.8) is 0 Å². The van der Waals surface area contributed by atoms with Crippen molar-refractivity contribution >= 4 is 22.2 Å². The van der Waals surface area contributed by atoms with Crippen molar-refractivity contribution in [3.05, 3.63) is 10.5 Å². The first-order chi connectivity index (χ1) is 5.49. The molecule has 1 aliphatic rings. The van der Waals surface area contributed by atoms with Gasteiger partial charge < -0.3 is 10.2 Å². The van der Waals surface area contributed by atoms with Gasteiger partial charge in [0.2, 0.25) is 0 Å². The third-order valence-electron chi connectivity index (χ3n) is 1.26. The van der Waals surface area contributed by atoms with Crippen LogP contribution in [-0.2, 0) is 14.8 Å². The Kier molecular flexibility index (Phi) is 1.99. The Bertz CT molecular complexity index is 377. The van der Waals surface area contributed by atoms with Crippen molar-refractivity contribution in [1.82, 2.24) is 0 Å². The van der Waals surface area contributed by atoms with Crippen molar-refractivity contribution in [2.45, 2.75) is 0 Å². The fourth-order valence-corrected chi connectivity index (χ4v) is 1.81. The summed E-state index contributed by atoms with van der Waals surface area (Å²) in [4.78, 5) is 9.52. The summed E-state index contributed by atoms with van der Waals surface area (Å²) in [5.41, 5.74) is -0.192. The second-order valence-electron chi connectivity index (χ2n) is 2.03. The van der Waals surface area contributed by atoms with Crippen LogP contribution in [0.3, 0.4) is 0 Å². The number of aliphatic hydroxyl groups excluding tert-OH is 1. The Morgan fingerprint density at radius 1 is 1.58 bits per heavy atom. The normalized spacial score (nSPS) is 20.1. The van der Waals surface area contributed by atoms with Gasteiger partial charge in [0.15, 0.2) is 4.91 Å². The quantitative estimate of drug-likeness (QED) is 0.566. The Labute approximate surface area is 67.9 Å². The van der Waals surface area contributed by atoms with Gasteiger partial charge in [0.1, 0.15) is 0 Å². The predicted octanol–water partition coefficient (Wildman–Crippen LogP) is -1.27. The Hall–Kier alpha value is -1.21. The van der Waals surface area contributed by atoms with E-state index in [1.807, 2.05) is 0 Å². The molecule has 0 aromatic rings. The number of carboxylic acids is 1. The molecule has 0 fully saturated rings. The number of hydrogen-bond acceptors (Lipinski definition) is 4. The molecular weight excluding hydrogens is 186 g/mol. The molecule has 1 heterocycles. The van der Waals surface area contributed by atoms with E-state index >= 15 is 0 Å². The average Bonchev–Trinajstić information content (AvgIpc) is 2.24. The molecule has 0 atom stereocenters. The van der Waals surface area contributed by atoms with Crippen LogP contribution in [0.15, 0.2) is 14.9 Å². The molecule has 0 aromatic carbocycles. The van der Waals surface area contributed by atoms with Gasteiger partial charge in [-0.2, -0.15) is 12.8 Å². The summed E-state index contributed by atoms with van der Waals surface area (Å²) in [6.07, 6.45) is 0.832. The number of carbonyl (C=O) groups is 1. The SMILES string of the molecule is O=C(O)C1=C(CO)C=NS1(=O)=O. The van der Waals surface area contributed by atoms with Crippen molar-refractivity contribution in [3.8, 4) is 0 Å². The van der Waals surface area contributed by atoms with Gasteiger partial charge in [0.25, 0.3) is 10.0 Å². The highest BCUT2D eigenvalue weighted by Crippen LogP contribution is 2.19. The minimum Gasteiger partial charge on any atom is -0.477 e. The van der Waals surface area contributed by atoms with Gasteiger partial charge in [-0.1, -0.05) is 0 Å². The predicted molar refractivity (Wildman–Crippen MR) is 39.2 cm³/mol. The van der Waals surface area contributed by atoms with E-state index in [0.29, 0.717) is 0 Å². The van der Waals surface area contributed by atoms with Crippen LogP contribution in [0.4, 0.5) is 0 Å². The van der Waals surface area contributed by atoms with Crippen LogP contribution in [0.1, 0.15) is 0 Å². The number of hydrogen-bond donors (Lipinski definition) is 2. The highest BCUT2D eigenvalue weighted by molar-refractivity contribution is 7.95. The van der Waals surface area contributed by atoms with Crippen LogP contribution in [0.25, 0.3) is 0 Å². The number of aliphatic hydroxyl groups is 1. The molecule has 6 nitrogen and oxygen atoms in total. The summed E-state index contributed by atoms with van der Waals surface area (Å²) in [6, 6.07) is 0. The van der Waals surface area contributed by atoms with Crippen LogP contribution >= 0.6 is 0 Å². The Morgan fingerprint density at radius 2 is 2.17 bits per heavy atom. The number of sulfonamides is 1. The molecule has 0 bridgehead atoms. The minimum absolute atomic E-state index is 0.192. The van der Waals surface area contributed by atoms with E-state index in [4.69, 9.17) is 10.2 Å². The molecule has 12 heavy (non-hydrogen) atoms. The lowest BCUT2D eigenvalue weighted by Gasteiger charge is -1.94. The van der Waals surface area contributed by atoms with Crippen LogP contribution in [-0.4, -0.2) is 37.4 Å². The van der Waals surface area contributed by atoms with E-state index in [1.54, 1.807) is 0 Å². The molecule has 2 N–H and O–H groups in total. The standard InChI is InChI=1S/C5H5NO5S/c7-2-3-1-6-12(10,11)4(3)5(8)9/h1,7H,2H2,(H,8,9). The summed E-state index contributed by atoms with van der Waals surface area (Å²) in [6.45, 7) is -0.648. The zero-order valence-electron chi connectivity index (χ0n) is 5.76. The highest BCUT2D eigenvalue weighted by atomic mass is 32.2. The second kappa shape index (κ2) is 2.68. The van der Waals surface area contributed by atoms with Crippen LogP contribution in [0, 0.1) is 0 Å². The maximum Gasteiger partial charge on any atom is 0.349 e. The molecule has 7 heteroatoms. The molecule has 1 rings (SSSR count). The Morgan fingerprint density at radius 3 is 2.50 bits per heavy atom. The molecule has 1 aliphatic heterocycles. The van der Waals surface area contributed by atoms with Crippen molar-refractivity contribution in [2.24, 2.45) is 4.40 Å². The monoisotopic (exact) mass is 191 g/mol. The van der Waals surface area contributed by atoms with Gasteiger partial charge in [0.05, 0.1) is 6.61 Å². The summed E-state index contributed by atoms with van der Waals surface area (Å²) >= 11 is 0. The molecule has 0 spiro atoms. The molecule has 66 valence electrons. The van der Waals surface area contributed by atoms with E-state index in [0.717, 1.165) is 6.21 Å². The van der Waals surface area contributed by atoms with E-state index in [2.05, 4.69) is 4.40 Å². The summed E-state index contributed by atoms with van der Waals surface area (Å²) in [5, 5.41) is 17.0. The van der Waals surface area contributed by atoms with E-state index in [9.17, 15) is 13.2 Å². The van der Waals surface area contributed by atoms with Gasteiger partial charge in [-0.05, 0) is 0 Å². The number of rotatable bonds is 2. The van der Waals surface area contributed by atoms with Crippen molar-refractivity contribution < 1.29 is 23.4 Å². The van der Waals surface area contributed by atoms with Crippen molar-refractivity contribution in [1.29, 1.82) is 0 Å². The van der Waals surface area contributed by atoms with Gasteiger partial charge in [-0.25, -0.2) is 4.79 Å². The van der Waals surface area contributed by atoms with Gasteiger partial charge in [0, 0.05) is 11.8 Å². The van der Waals surface area contributed by atoms with E-state index < -0.39 is 27.5 Å². The lowest BCUT2D eigenvalue weighted by Crippen LogP contribution is -2.10. The Balaban J connectivity index is 3.33. The fraction of sp³-hybridized carbons (Fsp3) is 0.200. The molecular formula is C5H5NO5S. The second-order valence-corrected chi connectivity index (χ2v) is 3.60. The molecule has 0 saturated heterocycles. The van der Waals surface area contributed by atoms with Gasteiger partial charge in [-0.3, -0.25) is 0 Å². The molecule has 0 aromatic heterocycles. The number of aliphatic carboxylic acids is 1. The lowest BCUT2D eigenvalue weighted by atomic mass is 10.3. The minimum atomic E-state index is -4.06. The molecule has 0 saturated carbocycles. The zero-order chi connectivity index (χ0) is 9.35. The van der Waals surface area contributed by atoms with Gasteiger partial charge >= 0.3 is 5.97 Å².